The molecule has 0 aromatic carbocycles. The van der Waals surface area contributed by atoms with Crippen molar-refractivity contribution in [3.05, 3.63) is 12.2 Å². The molecule has 0 fully saturated rings. The van der Waals surface area contributed by atoms with E-state index in [1.54, 1.807) is 11.9 Å². The molecule has 0 atom stereocenters. The molecule has 0 heterocycles. The van der Waals surface area contributed by atoms with Crippen LogP contribution in [0.1, 0.15) is 13.8 Å². The van der Waals surface area contributed by atoms with Crippen LogP contribution in [-0.4, -0.2) is 44.0 Å². The molecule has 0 aromatic heterocycles. The van der Waals surface area contributed by atoms with Crippen molar-refractivity contribution in [2.24, 2.45) is 0 Å². The van der Waals surface area contributed by atoms with Crippen LogP contribution >= 0.6 is 0 Å². The number of halogens is 2. The van der Waals surface area contributed by atoms with E-state index in [0.717, 1.165) is 5.57 Å². The zero-order valence-electron chi connectivity index (χ0n) is 9.19. The maximum absolute atomic E-state index is 12.0. The highest BCUT2D eigenvalue weighted by atomic mass is 19.3. The maximum Gasteiger partial charge on any atom is 0.251 e. The van der Waals surface area contributed by atoms with Crippen molar-refractivity contribution in [1.29, 1.82) is 0 Å². The van der Waals surface area contributed by atoms with Crippen molar-refractivity contribution < 1.29 is 8.78 Å². The van der Waals surface area contributed by atoms with Crippen molar-refractivity contribution >= 4 is 0 Å². The van der Waals surface area contributed by atoms with E-state index >= 15 is 0 Å². The van der Waals surface area contributed by atoms with E-state index in [4.69, 9.17) is 0 Å². The third kappa shape index (κ3) is 8.13. The average Bonchev–Trinajstić information content (AvgIpc) is 1.98. The number of hydrogen-bond acceptors (Lipinski definition) is 2. The van der Waals surface area contributed by atoms with Crippen LogP contribution in [0.25, 0.3) is 0 Å². The zero-order valence-corrected chi connectivity index (χ0v) is 9.19. The number of rotatable bonds is 7. The summed E-state index contributed by atoms with van der Waals surface area (Å²) in [6, 6.07) is 0.396. The van der Waals surface area contributed by atoms with E-state index in [0.29, 0.717) is 19.1 Å². The largest absolute Gasteiger partial charge is 0.311 e. The molecule has 0 bridgehead atoms. The second-order valence-corrected chi connectivity index (χ2v) is 3.87. The first-order chi connectivity index (χ1) is 6.41. The number of alkyl halides is 2. The first-order valence-electron chi connectivity index (χ1n) is 4.78. The smallest absolute Gasteiger partial charge is 0.251 e. The molecule has 0 aliphatic carbocycles. The molecule has 1 N–H and O–H groups in total. The predicted molar refractivity (Wildman–Crippen MR) is 55.8 cm³/mol. The van der Waals surface area contributed by atoms with Gasteiger partial charge in [0.2, 0.25) is 0 Å². The number of nitrogens with one attached hydrogen (secondary N) is 1. The molecule has 0 radical (unpaired) electrons. The summed E-state index contributed by atoms with van der Waals surface area (Å²) in [7, 11) is 1.67. The van der Waals surface area contributed by atoms with E-state index in [2.05, 4.69) is 11.9 Å². The lowest BCUT2D eigenvalue weighted by atomic mass is 10.2. The standard InChI is InChI=1S/C10H20F2N2/c1-8(2)13-5-9(3)6-14(4)7-10(11)12/h8,10,13H,3,5-7H2,1-2,4H3. The molecule has 14 heavy (non-hydrogen) atoms. The maximum atomic E-state index is 12.0. The van der Waals surface area contributed by atoms with Gasteiger partial charge in [-0.3, -0.25) is 4.90 Å². The van der Waals surface area contributed by atoms with E-state index in [-0.39, 0.29) is 6.54 Å². The van der Waals surface area contributed by atoms with Crippen LogP contribution < -0.4 is 5.32 Å². The van der Waals surface area contributed by atoms with Crippen LogP contribution in [0.4, 0.5) is 8.78 Å². The summed E-state index contributed by atoms with van der Waals surface area (Å²) in [6.45, 7) is 8.91. The topological polar surface area (TPSA) is 15.3 Å². The lowest BCUT2D eigenvalue weighted by molar-refractivity contribution is 0.104. The van der Waals surface area contributed by atoms with Gasteiger partial charge in [0, 0.05) is 19.1 Å². The Labute approximate surface area is 85.0 Å². The van der Waals surface area contributed by atoms with Gasteiger partial charge in [-0.2, -0.15) is 0 Å². The fraction of sp³-hybridized carbons (Fsp3) is 0.800. The van der Waals surface area contributed by atoms with Gasteiger partial charge in [-0.05, 0) is 12.6 Å². The molecule has 0 rings (SSSR count). The first-order valence-corrected chi connectivity index (χ1v) is 4.78. The van der Waals surface area contributed by atoms with E-state index in [9.17, 15) is 8.78 Å². The van der Waals surface area contributed by atoms with Gasteiger partial charge in [-0.15, -0.1) is 0 Å². The molecule has 0 saturated heterocycles. The summed E-state index contributed by atoms with van der Waals surface area (Å²) in [5, 5.41) is 3.19. The summed E-state index contributed by atoms with van der Waals surface area (Å²) < 4.78 is 23.9. The Bertz CT molecular complexity index is 170. The van der Waals surface area contributed by atoms with E-state index in [1.807, 2.05) is 13.8 Å². The first kappa shape index (κ1) is 13.5. The number of nitrogens with zero attached hydrogens (tertiary/aromatic N) is 1. The Kier molecular flexibility index (Phi) is 6.66. The van der Waals surface area contributed by atoms with Gasteiger partial charge < -0.3 is 5.32 Å². The molecule has 2 nitrogen and oxygen atoms in total. The molecule has 4 heteroatoms. The summed E-state index contributed by atoms with van der Waals surface area (Å²) in [5.41, 5.74) is 0.932. The quantitative estimate of drug-likeness (QED) is 0.638. The van der Waals surface area contributed by atoms with E-state index in [1.165, 1.54) is 0 Å². The molecular weight excluding hydrogens is 186 g/mol. The molecule has 0 unspecified atom stereocenters. The lowest BCUT2D eigenvalue weighted by Gasteiger charge is -2.18. The van der Waals surface area contributed by atoms with Crippen LogP contribution in [-0.2, 0) is 0 Å². The second-order valence-electron chi connectivity index (χ2n) is 3.87. The third-order valence-corrected chi connectivity index (χ3v) is 1.70. The third-order valence-electron chi connectivity index (χ3n) is 1.70. The Hall–Kier alpha value is -0.480. The highest BCUT2D eigenvalue weighted by molar-refractivity contribution is 4.99. The van der Waals surface area contributed by atoms with Crippen LogP contribution in [0.5, 0.6) is 0 Å². The Morgan fingerprint density at radius 2 is 2.00 bits per heavy atom. The fourth-order valence-electron chi connectivity index (χ4n) is 1.09. The molecule has 0 aromatic rings. The monoisotopic (exact) mass is 206 g/mol. The van der Waals surface area contributed by atoms with Gasteiger partial charge in [-0.25, -0.2) is 8.78 Å². The molecule has 84 valence electrons. The summed E-state index contributed by atoms with van der Waals surface area (Å²) in [6.07, 6.45) is -2.27. The number of hydrogen-bond donors (Lipinski definition) is 1. The zero-order chi connectivity index (χ0) is 11.1. The van der Waals surface area contributed by atoms with Crippen LogP contribution in [0, 0.1) is 0 Å². The van der Waals surface area contributed by atoms with Crippen molar-refractivity contribution in [3.63, 3.8) is 0 Å². The molecule has 0 aliphatic rings. The van der Waals surface area contributed by atoms with Crippen molar-refractivity contribution in [1.82, 2.24) is 10.2 Å². The van der Waals surface area contributed by atoms with Crippen molar-refractivity contribution in [2.45, 2.75) is 26.3 Å². The minimum absolute atomic E-state index is 0.194. The Balaban J connectivity index is 3.60. The lowest BCUT2D eigenvalue weighted by Crippen LogP contribution is -2.31. The van der Waals surface area contributed by atoms with Gasteiger partial charge in [0.05, 0.1) is 6.54 Å². The Morgan fingerprint density at radius 1 is 1.43 bits per heavy atom. The Morgan fingerprint density at radius 3 is 2.43 bits per heavy atom. The van der Waals surface area contributed by atoms with Gasteiger partial charge in [0.25, 0.3) is 6.43 Å². The van der Waals surface area contributed by atoms with E-state index < -0.39 is 6.43 Å². The van der Waals surface area contributed by atoms with Crippen LogP contribution in [0.2, 0.25) is 0 Å². The summed E-state index contributed by atoms with van der Waals surface area (Å²) in [4.78, 5) is 1.58. The minimum atomic E-state index is -2.27. The summed E-state index contributed by atoms with van der Waals surface area (Å²) >= 11 is 0. The predicted octanol–water partition coefficient (Wildman–Crippen LogP) is 1.74. The van der Waals surface area contributed by atoms with Crippen molar-refractivity contribution in [2.75, 3.05) is 26.7 Å². The molecule has 0 saturated carbocycles. The van der Waals surface area contributed by atoms with Crippen molar-refractivity contribution in [3.8, 4) is 0 Å². The molecule has 0 aliphatic heterocycles. The number of likely N-dealkylation sites (N-methyl/N-ethyl adjacent to an activating group) is 1. The van der Waals surface area contributed by atoms with Crippen LogP contribution in [0.3, 0.4) is 0 Å². The molecular formula is C10H20F2N2. The average molecular weight is 206 g/mol. The van der Waals surface area contributed by atoms with Gasteiger partial charge >= 0.3 is 0 Å². The molecule has 0 amide bonds. The van der Waals surface area contributed by atoms with Crippen LogP contribution in [0.15, 0.2) is 12.2 Å². The van der Waals surface area contributed by atoms with Gasteiger partial charge in [-0.1, -0.05) is 20.4 Å². The molecule has 0 spiro atoms. The second kappa shape index (κ2) is 6.90. The highest BCUT2D eigenvalue weighted by Gasteiger charge is 2.08. The highest BCUT2D eigenvalue weighted by Crippen LogP contribution is 1.99. The normalized spacial score (nSPS) is 11.7. The van der Waals surface area contributed by atoms with Gasteiger partial charge in [0.15, 0.2) is 0 Å². The minimum Gasteiger partial charge on any atom is -0.311 e. The SMILES string of the molecule is C=C(CNC(C)C)CN(C)CC(F)F. The summed E-state index contributed by atoms with van der Waals surface area (Å²) in [5.74, 6) is 0. The van der Waals surface area contributed by atoms with Gasteiger partial charge in [0.1, 0.15) is 0 Å². The fourth-order valence-corrected chi connectivity index (χ4v) is 1.09.